The smallest absolute Gasteiger partial charge is 0.338 e. The highest BCUT2D eigenvalue weighted by Crippen LogP contribution is 2.42. The minimum Gasteiger partial charge on any atom is -0.338 e. The van der Waals surface area contributed by atoms with Gasteiger partial charge in [0, 0.05) is 13.2 Å². The van der Waals surface area contributed by atoms with Gasteiger partial charge in [0.1, 0.15) is 5.69 Å². The molecule has 2 nitrogen and oxygen atoms in total. The molecule has 20 heavy (non-hydrogen) atoms. The van der Waals surface area contributed by atoms with Crippen LogP contribution in [0.15, 0.2) is 30.5 Å². The van der Waals surface area contributed by atoms with E-state index in [0.717, 1.165) is 7.05 Å². The van der Waals surface area contributed by atoms with Crippen LogP contribution in [0.4, 0.5) is 26.3 Å². The summed E-state index contributed by atoms with van der Waals surface area (Å²) in [6, 6.07) is 4.20. The van der Waals surface area contributed by atoms with Gasteiger partial charge in [0.15, 0.2) is 0 Å². The van der Waals surface area contributed by atoms with Gasteiger partial charge in [-0.2, -0.15) is 26.3 Å². The number of alkyl halides is 6. The summed E-state index contributed by atoms with van der Waals surface area (Å²) in [6.07, 6.45) is -8.55. The Balaban J connectivity index is 2.75. The van der Waals surface area contributed by atoms with Crippen molar-refractivity contribution in [3.8, 4) is 11.4 Å². The SMILES string of the molecule is Cn1c(C(F)(F)F)cc(C(F)(F)F)c1-c1ccccn1. The Labute approximate surface area is 109 Å². The minimum atomic E-state index is -4.89. The van der Waals surface area contributed by atoms with Crippen LogP contribution < -0.4 is 0 Å². The molecule has 0 unspecified atom stereocenters. The van der Waals surface area contributed by atoms with Crippen molar-refractivity contribution in [2.24, 2.45) is 7.05 Å². The number of aromatic nitrogens is 2. The predicted molar refractivity (Wildman–Crippen MR) is 58.6 cm³/mol. The second-order valence-corrected chi connectivity index (χ2v) is 4.06. The Hall–Kier alpha value is -1.99. The average molecular weight is 294 g/mol. The molecule has 0 N–H and O–H groups in total. The van der Waals surface area contributed by atoms with Gasteiger partial charge in [-0.05, 0) is 18.2 Å². The fourth-order valence-electron chi connectivity index (χ4n) is 1.90. The lowest BCUT2D eigenvalue weighted by atomic mass is 10.1. The van der Waals surface area contributed by atoms with E-state index in [9.17, 15) is 26.3 Å². The molecule has 2 rings (SSSR count). The van der Waals surface area contributed by atoms with E-state index in [1.807, 2.05) is 0 Å². The molecule has 0 aliphatic heterocycles. The van der Waals surface area contributed by atoms with Crippen LogP contribution in [-0.4, -0.2) is 9.55 Å². The van der Waals surface area contributed by atoms with Crippen LogP contribution >= 0.6 is 0 Å². The van der Waals surface area contributed by atoms with Crippen LogP contribution in [0.2, 0.25) is 0 Å². The predicted octanol–water partition coefficient (Wildman–Crippen LogP) is 4.12. The Morgan fingerprint density at radius 2 is 1.65 bits per heavy atom. The van der Waals surface area contributed by atoms with Crippen molar-refractivity contribution in [2.45, 2.75) is 12.4 Å². The van der Waals surface area contributed by atoms with Gasteiger partial charge in [-0.1, -0.05) is 6.07 Å². The van der Waals surface area contributed by atoms with Gasteiger partial charge in [0.25, 0.3) is 0 Å². The zero-order valence-corrected chi connectivity index (χ0v) is 10.0. The van der Waals surface area contributed by atoms with E-state index in [2.05, 4.69) is 4.98 Å². The van der Waals surface area contributed by atoms with E-state index >= 15 is 0 Å². The molecule has 108 valence electrons. The van der Waals surface area contributed by atoms with Crippen molar-refractivity contribution in [3.63, 3.8) is 0 Å². The molecule has 0 amide bonds. The van der Waals surface area contributed by atoms with Gasteiger partial charge in [-0.25, -0.2) is 0 Å². The maximum atomic E-state index is 12.9. The molecule has 2 aromatic rings. The van der Waals surface area contributed by atoms with Gasteiger partial charge >= 0.3 is 12.4 Å². The van der Waals surface area contributed by atoms with Crippen LogP contribution in [0.25, 0.3) is 11.4 Å². The molecular formula is C12H8F6N2. The number of pyridine rings is 1. The molecule has 0 atom stereocenters. The van der Waals surface area contributed by atoms with E-state index < -0.39 is 29.3 Å². The van der Waals surface area contributed by atoms with Gasteiger partial charge < -0.3 is 4.57 Å². The van der Waals surface area contributed by atoms with Crippen LogP contribution in [0.3, 0.4) is 0 Å². The van der Waals surface area contributed by atoms with E-state index in [-0.39, 0.29) is 11.8 Å². The summed E-state index contributed by atoms with van der Waals surface area (Å²) in [7, 11) is 0.933. The van der Waals surface area contributed by atoms with Crippen molar-refractivity contribution < 1.29 is 26.3 Å². The number of nitrogens with zero attached hydrogens (tertiary/aromatic N) is 2. The van der Waals surface area contributed by atoms with Crippen molar-refractivity contribution in [2.75, 3.05) is 0 Å². The van der Waals surface area contributed by atoms with Crippen LogP contribution in [-0.2, 0) is 19.4 Å². The van der Waals surface area contributed by atoms with Crippen LogP contribution in [0.5, 0.6) is 0 Å². The molecule has 0 radical (unpaired) electrons. The Morgan fingerprint density at radius 1 is 1.00 bits per heavy atom. The molecule has 0 fully saturated rings. The van der Waals surface area contributed by atoms with Gasteiger partial charge in [0.05, 0.1) is 17.0 Å². The molecule has 0 bridgehead atoms. The standard InChI is InChI=1S/C12H8F6N2/c1-20-9(12(16,17)18)6-7(11(13,14)15)10(20)8-4-2-3-5-19-8/h2-6H,1H3. The normalized spacial score (nSPS) is 12.8. The van der Waals surface area contributed by atoms with Gasteiger partial charge in [0.2, 0.25) is 0 Å². The highest BCUT2D eigenvalue weighted by molar-refractivity contribution is 5.62. The quantitative estimate of drug-likeness (QED) is 0.723. The third kappa shape index (κ3) is 2.50. The molecule has 2 heterocycles. The van der Waals surface area contributed by atoms with Crippen LogP contribution in [0, 0.1) is 0 Å². The maximum absolute atomic E-state index is 12.9. The third-order valence-corrected chi connectivity index (χ3v) is 2.74. The van der Waals surface area contributed by atoms with Gasteiger partial charge in [-0.3, -0.25) is 4.98 Å². The Kier molecular flexibility index (Phi) is 3.27. The van der Waals surface area contributed by atoms with E-state index in [1.165, 1.54) is 24.4 Å². The lowest BCUT2D eigenvalue weighted by Crippen LogP contribution is -2.11. The largest absolute Gasteiger partial charge is 0.431 e. The summed E-state index contributed by atoms with van der Waals surface area (Å²) in [5.74, 6) is 0. The summed E-state index contributed by atoms with van der Waals surface area (Å²) in [6.45, 7) is 0. The van der Waals surface area contributed by atoms with E-state index in [1.54, 1.807) is 0 Å². The first-order chi connectivity index (χ1) is 9.12. The Bertz CT molecular complexity index is 609. The lowest BCUT2D eigenvalue weighted by Gasteiger charge is -2.11. The number of halogens is 6. The molecule has 0 saturated carbocycles. The molecule has 0 aliphatic carbocycles. The molecule has 0 spiro atoms. The molecule has 2 aromatic heterocycles. The van der Waals surface area contributed by atoms with Gasteiger partial charge in [-0.15, -0.1) is 0 Å². The highest BCUT2D eigenvalue weighted by Gasteiger charge is 2.43. The first-order valence-electron chi connectivity index (χ1n) is 5.38. The van der Waals surface area contributed by atoms with Crippen LogP contribution in [0.1, 0.15) is 11.3 Å². The summed E-state index contributed by atoms with van der Waals surface area (Å²) >= 11 is 0. The van der Waals surface area contributed by atoms with Crippen molar-refractivity contribution >= 4 is 0 Å². The highest BCUT2D eigenvalue weighted by atomic mass is 19.4. The second kappa shape index (κ2) is 4.53. The second-order valence-electron chi connectivity index (χ2n) is 4.06. The van der Waals surface area contributed by atoms with Crippen molar-refractivity contribution in [1.29, 1.82) is 0 Å². The third-order valence-electron chi connectivity index (χ3n) is 2.74. The zero-order valence-electron chi connectivity index (χ0n) is 10.0. The van der Waals surface area contributed by atoms with E-state index in [0.29, 0.717) is 4.57 Å². The Morgan fingerprint density at radius 3 is 2.10 bits per heavy atom. The maximum Gasteiger partial charge on any atom is 0.431 e. The summed E-state index contributed by atoms with van der Waals surface area (Å²) in [5, 5.41) is 0. The molecule has 0 aliphatic rings. The van der Waals surface area contributed by atoms with Crippen molar-refractivity contribution in [3.05, 3.63) is 41.7 Å². The molecule has 0 aromatic carbocycles. The topological polar surface area (TPSA) is 17.8 Å². The van der Waals surface area contributed by atoms with E-state index in [4.69, 9.17) is 0 Å². The summed E-state index contributed by atoms with van der Waals surface area (Å²) in [4.78, 5) is 3.69. The summed E-state index contributed by atoms with van der Waals surface area (Å²) in [5.41, 5.74) is -3.50. The summed E-state index contributed by atoms with van der Waals surface area (Å²) < 4.78 is 77.4. The monoisotopic (exact) mass is 294 g/mol. The first kappa shape index (κ1) is 14.4. The zero-order chi connectivity index (χ0) is 15.1. The first-order valence-corrected chi connectivity index (χ1v) is 5.38. The molecular weight excluding hydrogens is 286 g/mol. The average Bonchev–Trinajstić information content (AvgIpc) is 2.67. The minimum absolute atomic E-state index is 0.101. The lowest BCUT2D eigenvalue weighted by molar-refractivity contribution is -0.144. The number of rotatable bonds is 1. The number of hydrogen-bond donors (Lipinski definition) is 0. The fraction of sp³-hybridized carbons (Fsp3) is 0.250. The molecule has 0 saturated heterocycles. The fourth-order valence-corrected chi connectivity index (χ4v) is 1.90. The van der Waals surface area contributed by atoms with Crippen molar-refractivity contribution in [1.82, 2.24) is 9.55 Å². The molecule has 8 heteroatoms. The number of hydrogen-bond acceptors (Lipinski definition) is 1.